The molecular weight excluding hydrogens is 346 g/mol. The van der Waals surface area contributed by atoms with Crippen molar-refractivity contribution in [2.75, 3.05) is 19.5 Å². The molecule has 0 bridgehead atoms. The molecule has 1 aromatic carbocycles. The van der Waals surface area contributed by atoms with E-state index in [1.807, 2.05) is 30.3 Å². The molecule has 3 aromatic rings. The van der Waals surface area contributed by atoms with Crippen molar-refractivity contribution in [2.24, 2.45) is 5.92 Å². The van der Waals surface area contributed by atoms with Crippen molar-refractivity contribution in [1.82, 2.24) is 9.78 Å². The summed E-state index contributed by atoms with van der Waals surface area (Å²) in [5, 5.41) is 7.31. The fourth-order valence-corrected chi connectivity index (χ4v) is 3.32. The van der Waals surface area contributed by atoms with Gasteiger partial charge in [0.05, 0.1) is 33.2 Å². The largest absolute Gasteiger partial charge is 0.493 e. The van der Waals surface area contributed by atoms with Crippen LogP contribution in [0.15, 0.2) is 53.3 Å². The minimum absolute atomic E-state index is 0.0178. The molecule has 0 saturated heterocycles. The number of furan rings is 1. The molecule has 1 aliphatic carbocycles. The number of nitrogens with one attached hydrogen (secondary N) is 1. The normalized spacial score (nSPS) is 18.1. The topological polar surface area (TPSA) is 78.5 Å². The molecule has 0 aliphatic heterocycles. The Morgan fingerprint density at radius 2 is 2.15 bits per heavy atom. The van der Waals surface area contributed by atoms with E-state index in [9.17, 15) is 4.79 Å². The zero-order valence-corrected chi connectivity index (χ0v) is 15.2. The van der Waals surface area contributed by atoms with Gasteiger partial charge >= 0.3 is 0 Å². The van der Waals surface area contributed by atoms with Crippen molar-refractivity contribution >= 4 is 11.7 Å². The third kappa shape index (κ3) is 3.40. The molecule has 1 fully saturated rings. The minimum Gasteiger partial charge on any atom is -0.493 e. The number of anilines is 1. The highest BCUT2D eigenvalue weighted by molar-refractivity contribution is 5.94. The van der Waals surface area contributed by atoms with Crippen LogP contribution in [-0.4, -0.2) is 29.9 Å². The SMILES string of the molecule is COc1cccc(Cn2nccc2NC(=O)[C@H]2C[C@H]2c2ccco2)c1OC. The Bertz CT molecular complexity index is 933. The van der Waals surface area contributed by atoms with Crippen LogP contribution in [-0.2, 0) is 11.3 Å². The number of nitrogens with zero attached hydrogens (tertiary/aromatic N) is 2. The molecule has 1 N–H and O–H groups in total. The summed E-state index contributed by atoms with van der Waals surface area (Å²) in [6.07, 6.45) is 4.11. The van der Waals surface area contributed by atoms with Crippen LogP contribution in [0.5, 0.6) is 11.5 Å². The maximum absolute atomic E-state index is 12.6. The lowest BCUT2D eigenvalue weighted by Gasteiger charge is -2.14. The average molecular weight is 367 g/mol. The van der Waals surface area contributed by atoms with E-state index in [0.717, 1.165) is 17.7 Å². The molecule has 2 atom stereocenters. The van der Waals surface area contributed by atoms with Crippen LogP contribution in [0, 0.1) is 5.92 Å². The third-order valence-electron chi connectivity index (χ3n) is 4.81. The van der Waals surface area contributed by atoms with Crippen LogP contribution in [0.2, 0.25) is 0 Å². The number of ether oxygens (including phenoxy) is 2. The summed E-state index contributed by atoms with van der Waals surface area (Å²) in [5.41, 5.74) is 0.913. The highest BCUT2D eigenvalue weighted by Crippen LogP contribution is 2.48. The van der Waals surface area contributed by atoms with Gasteiger partial charge in [-0.2, -0.15) is 5.10 Å². The number of carbonyl (C=O) groups is 1. The molecule has 7 nitrogen and oxygen atoms in total. The second-order valence-corrected chi connectivity index (χ2v) is 6.48. The zero-order valence-electron chi connectivity index (χ0n) is 15.2. The summed E-state index contributed by atoms with van der Waals surface area (Å²) in [7, 11) is 3.21. The van der Waals surface area contributed by atoms with E-state index < -0.39 is 0 Å². The second kappa shape index (κ2) is 7.19. The number of para-hydroxylation sites is 1. The standard InChI is InChI=1S/C20H21N3O4/c1-25-17-6-3-5-13(19(17)26-2)12-23-18(8-9-21-23)22-20(24)15-11-14(15)16-7-4-10-27-16/h3-10,14-15H,11-12H2,1-2H3,(H,22,24)/t14-,15+/m1/s1. The van der Waals surface area contributed by atoms with E-state index in [1.54, 1.807) is 37.4 Å². The Balaban J connectivity index is 1.47. The van der Waals surface area contributed by atoms with Gasteiger partial charge in [-0.1, -0.05) is 12.1 Å². The summed E-state index contributed by atoms with van der Waals surface area (Å²) >= 11 is 0. The molecule has 2 aromatic heterocycles. The van der Waals surface area contributed by atoms with Gasteiger partial charge in [-0.05, 0) is 24.6 Å². The molecule has 2 heterocycles. The van der Waals surface area contributed by atoms with E-state index in [2.05, 4.69) is 10.4 Å². The number of rotatable bonds is 7. The molecule has 0 spiro atoms. The third-order valence-corrected chi connectivity index (χ3v) is 4.81. The lowest BCUT2D eigenvalue weighted by atomic mass is 10.2. The van der Waals surface area contributed by atoms with Crippen LogP contribution in [0.3, 0.4) is 0 Å². The van der Waals surface area contributed by atoms with Crippen LogP contribution in [0.25, 0.3) is 0 Å². The lowest BCUT2D eigenvalue weighted by Crippen LogP contribution is -2.18. The number of carbonyl (C=O) groups excluding carboxylic acids is 1. The van der Waals surface area contributed by atoms with Crippen molar-refractivity contribution in [3.8, 4) is 11.5 Å². The van der Waals surface area contributed by atoms with Gasteiger partial charge in [0.25, 0.3) is 0 Å². The molecule has 1 amide bonds. The molecule has 27 heavy (non-hydrogen) atoms. The number of amides is 1. The first-order valence-corrected chi connectivity index (χ1v) is 8.77. The quantitative estimate of drug-likeness (QED) is 0.693. The summed E-state index contributed by atoms with van der Waals surface area (Å²) in [4.78, 5) is 12.6. The minimum atomic E-state index is -0.0640. The maximum Gasteiger partial charge on any atom is 0.229 e. The molecule has 7 heteroatoms. The van der Waals surface area contributed by atoms with Crippen LogP contribution < -0.4 is 14.8 Å². The highest BCUT2D eigenvalue weighted by Gasteiger charge is 2.46. The Morgan fingerprint density at radius 1 is 1.26 bits per heavy atom. The number of hydrogen-bond donors (Lipinski definition) is 1. The Hall–Kier alpha value is -3.22. The van der Waals surface area contributed by atoms with E-state index in [1.165, 1.54) is 0 Å². The summed E-state index contributed by atoms with van der Waals surface area (Å²) in [6, 6.07) is 11.2. The van der Waals surface area contributed by atoms with Crippen molar-refractivity contribution in [3.05, 3.63) is 60.2 Å². The zero-order chi connectivity index (χ0) is 18.8. The van der Waals surface area contributed by atoms with E-state index in [4.69, 9.17) is 13.9 Å². The van der Waals surface area contributed by atoms with Gasteiger partial charge in [0, 0.05) is 23.5 Å². The van der Waals surface area contributed by atoms with Gasteiger partial charge in [-0.3, -0.25) is 4.79 Å². The molecule has 1 aliphatic rings. The molecular formula is C20H21N3O4. The fourth-order valence-electron chi connectivity index (χ4n) is 3.32. The predicted octanol–water partition coefficient (Wildman–Crippen LogP) is 3.28. The van der Waals surface area contributed by atoms with Gasteiger partial charge in [0.15, 0.2) is 11.5 Å². The summed E-state index contributed by atoms with van der Waals surface area (Å²) < 4.78 is 18.0. The Labute approximate surface area is 156 Å². The van der Waals surface area contributed by atoms with Gasteiger partial charge in [0.1, 0.15) is 11.6 Å². The lowest BCUT2D eigenvalue weighted by molar-refractivity contribution is -0.117. The van der Waals surface area contributed by atoms with Crippen molar-refractivity contribution in [2.45, 2.75) is 18.9 Å². The van der Waals surface area contributed by atoms with Crippen molar-refractivity contribution in [3.63, 3.8) is 0 Å². The molecule has 4 rings (SSSR count). The van der Waals surface area contributed by atoms with Gasteiger partial charge in [-0.25, -0.2) is 4.68 Å². The van der Waals surface area contributed by atoms with Gasteiger partial charge in [-0.15, -0.1) is 0 Å². The molecule has 140 valence electrons. The fraction of sp³-hybridized carbons (Fsp3) is 0.300. The Kier molecular flexibility index (Phi) is 4.58. The highest BCUT2D eigenvalue weighted by atomic mass is 16.5. The molecule has 0 radical (unpaired) electrons. The average Bonchev–Trinajstić information content (AvgIpc) is 3.08. The summed E-state index contributed by atoms with van der Waals surface area (Å²) in [6.45, 7) is 0.454. The van der Waals surface area contributed by atoms with Crippen LogP contribution in [0.4, 0.5) is 5.82 Å². The van der Waals surface area contributed by atoms with Crippen LogP contribution in [0.1, 0.15) is 23.7 Å². The molecule has 1 saturated carbocycles. The number of hydrogen-bond acceptors (Lipinski definition) is 5. The number of aromatic nitrogens is 2. The van der Waals surface area contributed by atoms with E-state index in [0.29, 0.717) is 23.9 Å². The van der Waals surface area contributed by atoms with Gasteiger partial charge in [0.2, 0.25) is 5.91 Å². The first kappa shape index (κ1) is 17.2. The van der Waals surface area contributed by atoms with Gasteiger partial charge < -0.3 is 19.2 Å². The smallest absolute Gasteiger partial charge is 0.229 e. The first-order chi connectivity index (χ1) is 13.2. The number of methoxy groups -OCH3 is 2. The van der Waals surface area contributed by atoms with Crippen molar-refractivity contribution in [1.29, 1.82) is 0 Å². The molecule has 0 unspecified atom stereocenters. The predicted molar refractivity (Wildman–Crippen MR) is 99.1 cm³/mol. The van der Waals surface area contributed by atoms with Crippen molar-refractivity contribution < 1.29 is 18.7 Å². The van der Waals surface area contributed by atoms with E-state index in [-0.39, 0.29) is 17.7 Å². The summed E-state index contributed by atoms with van der Waals surface area (Å²) in [5.74, 6) is 2.91. The number of benzene rings is 1. The van der Waals surface area contributed by atoms with E-state index >= 15 is 0 Å². The first-order valence-electron chi connectivity index (χ1n) is 8.77. The second-order valence-electron chi connectivity index (χ2n) is 6.48. The maximum atomic E-state index is 12.6. The monoisotopic (exact) mass is 367 g/mol. The van der Waals surface area contributed by atoms with Crippen LogP contribution >= 0.6 is 0 Å². The Morgan fingerprint density at radius 3 is 2.89 bits per heavy atom.